The van der Waals surface area contributed by atoms with Gasteiger partial charge in [-0.05, 0) is 19.1 Å². The molecular formula is C14H12F3N3O3. The molecule has 0 atom stereocenters. The van der Waals surface area contributed by atoms with Gasteiger partial charge in [0.1, 0.15) is 12.3 Å². The third-order valence-electron chi connectivity index (χ3n) is 2.88. The molecule has 1 heterocycles. The van der Waals surface area contributed by atoms with Crippen LogP contribution in [0.15, 0.2) is 22.7 Å². The van der Waals surface area contributed by atoms with Crippen molar-refractivity contribution in [3.05, 3.63) is 41.4 Å². The van der Waals surface area contributed by atoms with E-state index in [4.69, 9.17) is 4.52 Å². The second-order valence-corrected chi connectivity index (χ2v) is 4.67. The Bertz CT molecular complexity index is 761. The van der Waals surface area contributed by atoms with E-state index < -0.39 is 41.5 Å². The number of carbonyl (C=O) groups excluding carboxylic acids is 2. The van der Waals surface area contributed by atoms with Gasteiger partial charge in [0, 0.05) is 13.0 Å². The predicted molar refractivity (Wildman–Crippen MR) is 74.2 cm³/mol. The van der Waals surface area contributed by atoms with E-state index in [1.807, 2.05) is 0 Å². The summed E-state index contributed by atoms with van der Waals surface area (Å²) in [5, 5.41) is 5.67. The number of benzene rings is 1. The van der Waals surface area contributed by atoms with Crippen LogP contribution in [-0.2, 0) is 9.59 Å². The zero-order valence-electron chi connectivity index (χ0n) is 12.2. The number of aryl methyl sites for hydroxylation is 1. The molecule has 0 fully saturated rings. The lowest BCUT2D eigenvalue weighted by Gasteiger charge is -2.17. The highest BCUT2D eigenvalue weighted by molar-refractivity contribution is 6.01. The Morgan fingerprint density at radius 2 is 1.96 bits per heavy atom. The molecule has 0 aliphatic rings. The van der Waals surface area contributed by atoms with Crippen LogP contribution in [0.2, 0.25) is 0 Å². The van der Waals surface area contributed by atoms with E-state index in [-0.39, 0.29) is 5.82 Å². The Morgan fingerprint density at radius 3 is 2.52 bits per heavy atom. The fraction of sp³-hybridized carbons (Fsp3) is 0.214. The van der Waals surface area contributed by atoms with Crippen molar-refractivity contribution >= 4 is 23.3 Å². The number of rotatable bonds is 4. The van der Waals surface area contributed by atoms with Crippen molar-refractivity contribution in [2.45, 2.75) is 13.8 Å². The van der Waals surface area contributed by atoms with E-state index >= 15 is 0 Å². The predicted octanol–water partition coefficient (Wildman–Crippen LogP) is 2.39. The lowest BCUT2D eigenvalue weighted by Crippen LogP contribution is -2.37. The molecule has 0 aliphatic heterocycles. The molecule has 0 aliphatic carbocycles. The van der Waals surface area contributed by atoms with Crippen molar-refractivity contribution in [2.75, 3.05) is 16.8 Å². The lowest BCUT2D eigenvalue weighted by molar-refractivity contribution is -0.120. The largest absolute Gasteiger partial charge is 0.360 e. The first-order chi connectivity index (χ1) is 10.8. The molecule has 0 unspecified atom stereocenters. The number of anilines is 2. The third kappa shape index (κ3) is 3.68. The monoisotopic (exact) mass is 327 g/mol. The second-order valence-electron chi connectivity index (χ2n) is 4.67. The number of nitrogens with zero attached hydrogens (tertiary/aromatic N) is 2. The highest BCUT2D eigenvalue weighted by Crippen LogP contribution is 2.20. The molecule has 1 aromatic carbocycles. The van der Waals surface area contributed by atoms with E-state index in [1.165, 1.54) is 13.0 Å². The number of hydrogen-bond acceptors (Lipinski definition) is 4. The molecule has 1 aromatic heterocycles. The molecule has 23 heavy (non-hydrogen) atoms. The summed E-state index contributed by atoms with van der Waals surface area (Å²) in [5.41, 5.74) is -0.534. The van der Waals surface area contributed by atoms with Crippen LogP contribution in [0.25, 0.3) is 0 Å². The summed E-state index contributed by atoms with van der Waals surface area (Å²) in [6.45, 7) is 2.31. The van der Waals surface area contributed by atoms with E-state index in [1.54, 1.807) is 6.92 Å². The fourth-order valence-electron chi connectivity index (χ4n) is 1.79. The van der Waals surface area contributed by atoms with Gasteiger partial charge < -0.3 is 9.84 Å². The number of aromatic nitrogens is 1. The molecule has 2 aromatic rings. The minimum atomic E-state index is -1.70. The smallest absolute Gasteiger partial charge is 0.244 e. The fourth-order valence-corrected chi connectivity index (χ4v) is 1.79. The van der Waals surface area contributed by atoms with Gasteiger partial charge in [0.2, 0.25) is 11.8 Å². The highest BCUT2D eigenvalue weighted by Gasteiger charge is 2.21. The normalized spacial score (nSPS) is 10.5. The van der Waals surface area contributed by atoms with Crippen molar-refractivity contribution in [2.24, 2.45) is 0 Å². The molecule has 0 saturated heterocycles. The summed E-state index contributed by atoms with van der Waals surface area (Å²) in [7, 11) is 0. The van der Waals surface area contributed by atoms with Crippen molar-refractivity contribution in [1.82, 2.24) is 5.16 Å². The lowest BCUT2D eigenvalue weighted by atomic mass is 10.2. The maximum Gasteiger partial charge on any atom is 0.244 e. The average Bonchev–Trinajstić information content (AvgIpc) is 2.91. The van der Waals surface area contributed by atoms with Gasteiger partial charge in [-0.15, -0.1) is 0 Å². The standard InChI is InChI=1S/C14H12F3N3O3/c1-7-5-11(19-23-7)20(8(2)21)6-12(22)18-10-4-3-9(15)13(16)14(10)17/h3-5H,6H2,1-2H3,(H,18,22). The molecule has 2 rings (SSSR count). The van der Waals surface area contributed by atoms with Crippen LogP contribution < -0.4 is 10.2 Å². The van der Waals surface area contributed by atoms with Gasteiger partial charge in [-0.2, -0.15) is 0 Å². The summed E-state index contributed by atoms with van der Waals surface area (Å²) in [5.74, 6) is -5.37. The van der Waals surface area contributed by atoms with E-state index in [0.29, 0.717) is 11.8 Å². The molecule has 122 valence electrons. The van der Waals surface area contributed by atoms with Gasteiger partial charge in [0.05, 0.1) is 5.69 Å². The van der Waals surface area contributed by atoms with Crippen molar-refractivity contribution in [1.29, 1.82) is 0 Å². The van der Waals surface area contributed by atoms with Crippen LogP contribution in [0, 0.1) is 24.4 Å². The molecule has 0 radical (unpaired) electrons. The molecule has 9 heteroatoms. The van der Waals surface area contributed by atoms with Crippen LogP contribution in [-0.4, -0.2) is 23.5 Å². The first kappa shape index (κ1) is 16.5. The van der Waals surface area contributed by atoms with Gasteiger partial charge in [0.15, 0.2) is 23.3 Å². The summed E-state index contributed by atoms with van der Waals surface area (Å²) in [4.78, 5) is 24.5. The van der Waals surface area contributed by atoms with Gasteiger partial charge >= 0.3 is 0 Å². The third-order valence-corrected chi connectivity index (χ3v) is 2.88. The van der Waals surface area contributed by atoms with Crippen molar-refractivity contribution < 1.29 is 27.3 Å². The Labute approximate surface area is 128 Å². The first-order valence-corrected chi connectivity index (χ1v) is 6.44. The Hall–Kier alpha value is -2.84. The van der Waals surface area contributed by atoms with Crippen LogP contribution in [0.4, 0.5) is 24.7 Å². The average molecular weight is 327 g/mol. The maximum absolute atomic E-state index is 13.5. The first-order valence-electron chi connectivity index (χ1n) is 6.44. The van der Waals surface area contributed by atoms with Gasteiger partial charge in [0.25, 0.3) is 0 Å². The summed E-state index contributed by atoms with van der Waals surface area (Å²) in [6.07, 6.45) is 0. The molecule has 6 nitrogen and oxygen atoms in total. The molecule has 0 bridgehead atoms. The van der Waals surface area contributed by atoms with Crippen LogP contribution >= 0.6 is 0 Å². The number of carbonyl (C=O) groups is 2. The van der Waals surface area contributed by atoms with Crippen LogP contribution in [0.3, 0.4) is 0 Å². The van der Waals surface area contributed by atoms with E-state index in [2.05, 4.69) is 10.5 Å². The van der Waals surface area contributed by atoms with Gasteiger partial charge in [-0.25, -0.2) is 13.2 Å². The molecule has 1 N–H and O–H groups in total. The topological polar surface area (TPSA) is 75.4 Å². The molecule has 0 saturated carbocycles. The van der Waals surface area contributed by atoms with Crippen molar-refractivity contribution in [3.8, 4) is 0 Å². The summed E-state index contributed by atoms with van der Waals surface area (Å²) in [6, 6.07) is 2.99. The van der Waals surface area contributed by atoms with Gasteiger partial charge in [-0.1, -0.05) is 5.16 Å². The minimum absolute atomic E-state index is 0.107. The molecule has 2 amide bonds. The quantitative estimate of drug-likeness (QED) is 0.875. The van der Waals surface area contributed by atoms with Crippen LogP contribution in [0.5, 0.6) is 0 Å². The summed E-state index contributed by atoms with van der Waals surface area (Å²) < 4.78 is 44.3. The van der Waals surface area contributed by atoms with Crippen LogP contribution in [0.1, 0.15) is 12.7 Å². The maximum atomic E-state index is 13.5. The Morgan fingerprint density at radius 1 is 1.26 bits per heavy atom. The number of halogens is 3. The SMILES string of the molecule is CC(=O)N(CC(=O)Nc1ccc(F)c(F)c1F)c1cc(C)on1. The molecule has 0 spiro atoms. The van der Waals surface area contributed by atoms with E-state index in [9.17, 15) is 22.8 Å². The Kier molecular flexibility index (Phi) is 4.68. The number of nitrogens with one attached hydrogen (secondary N) is 1. The summed E-state index contributed by atoms with van der Waals surface area (Å²) >= 11 is 0. The Balaban J connectivity index is 2.14. The van der Waals surface area contributed by atoms with E-state index in [0.717, 1.165) is 11.0 Å². The minimum Gasteiger partial charge on any atom is -0.360 e. The zero-order valence-corrected chi connectivity index (χ0v) is 12.2. The number of hydrogen-bond donors (Lipinski definition) is 1. The van der Waals surface area contributed by atoms with Gasteiger partial charge in [-0.3, -0.25) is 14.5 Å². The molecular weight excluding hydrogens is 315 g/mol. The second kappa shape index (κ2) is 6.51. The zero-order chi connectivity index (χ0) is 17.1. The highest BCUT2D eigenvalue weighted by atomic mass is 19.2. The number of amides is 2. The van der Waals surface area contributed by atoms with Crippen molar-refractivity contribution in [3.63, 3.8) is 0 Å².